The first-order valence-electron chi connectivity index (χ1n) is 12.3. The van der Waals surface area contributed by atoms with Crippen molar-refractivity contribution in [3.05, 3.63) is 99.6 Å². The standard InChI is InChI=1S/C28H27Cl2N5O3S2/c1-16-14-19(17(2)34(16)23-10-7-8-20(29)25(23)30)27-26(21-9-5-6-13-31-21)32-28(39)35(27)18-11-12-24(38-3)22(15-18)33-40(4,36)37/h5-15,26-27,33H,1-4H3,(H,32,39). The Hall–Kier alpha value is -3.31. The Bertz CT molecular complexity index is 1710. The molecule has 208 valence electrons. The molecule has 2 unspecified atom stereocenters. The Morgan fingerprint density at radius 3 is 2.52 bits per heavy atom. The van der Waals surface area contributed by atoms with Gasteiger partial charge in [-0.2, -0.15) is 0 Å². The fourth-order valence-corrected chi connectivity index (χ4v) is 6.48. The average molecular weight is 617 g/mol. The number of sulfonamides is 1. The van der Waals surface area contributed by atoms with Crippen LogP contribution in [-0.4, -0.2) is 36.4 Å². The van der Waals surface area contributed by atoms with Gasteiger partial charge in [0.1, 0.15) is 5.75 Å². The second kappa shape index (κ2) is 10.9. The van der Waals surface area contributed by atoms with Gasteiger partial charge in [0.2, 0.25) is 10.0 Å². The summed E-state index contributed by atoms with van der Waals surface area (Å²) in [7, 11) is -2.08. The summed E-state index contributed by atoms with van der Waals surface area (Å²) in [6.45, 7) is 4.04. The lowest BCUT2D eigenvalue weighted by Crippen LogP contribution is -2.29. The zero-order valence-corrected chi connectivity index (χ0v) is 25.3. The molecule has 3 heterocycles. The molecule has 0 radical (unpaired) electrons. The van der Waals surface area contributed by atoms with Gasteiger partial charge in [-0.25, -0.2) is 8.42 Å². The molecule has 1 aliphatic heterocycles. The van der Waals surface area contributed by atoms with Crippen molar-refractivity contribution >= 4 is 61.9 Å². The lowest BCUT2D eigenvalue weighted by Gasteiger charge is -2.29. The number of anilines is 2. The molecule has 40 heavy (non-hydrogen) atoms. The van der Waals surface area contributed by atoms with E-state index in [4.69, 9.17) is 40.2 Å². The van der Waals surface area contributed by atoms with E-state index < -0.39 is 10.0 Å². The molecule has 4 aromatic rings. The summed E-state index contributed by atoms with van der Waals surface area (Å²) in [6, 6.07) is 18.1. The smallest absolute Gasteiger partial charge is 0.229 e. The minimum atomic E-state index is -3.56. The molecule has 0 aliphatic carbocycles. The third kappa shape index (κ3) is 5.24. The third-order valence-electron chi connectivity index (χ3n) is 6.82. The number of ether oxygens (including phenoxy) is 1. The Morgan fingerprint density at radius 1 is 1.07 bits per heavy atom. The molecule has 2 atom stereocenters. The summed E-state index contributed by atoms with van der Waals surface area (Å²) in [5.41, 5.74) is 5.47. The van der Waals surface area contributed by atoms with Gasteiger partial charge in [0, 0.05) is 23.3 Å². The van der Waals surface area contributed by atoms with Gasteiger partial charge in [-0.1, -0.05) is 35.3 Å². The highest BCUT2D eigenvalue weighted by molar-refractivity contribution is 7.92. The van der Waals surface area contributed by atoms with Crippen molar-refractivity contribution in [1.29, 1.82) is 0 Å². The van der Waals surface area contributed by atoms with Gasteiger partial charge < -0.3 is 19.5 Å². The molecule has 2 N–H and O–H groups in total. The van der Waals surface area contributed by atoms with Crippen LogP contribution in [0.4, 0.5) is 11.4 Å². The van der Waals surface area contributed by atoms with E-state index in [2.05, 4.69) is 25.7 Å². The van der Waals surface area contributed by atoms with E-state index in [1.165, 1.54) is 7.11 Å². The summed E-state index contributed by atoms with van der Waals surface area (Å²) < 4.78 is 34.3. The van der Waals surface area contributed by atoms with Crippen molar-refractivity contribution in [2.75, 3.05) is 23.0 Å². The molecule has 0 saturated carbocycles. The minimum Gasteiger partial charge on any atom is -0.495 e. The number of halogens is 2. The molecule has 0 amide bonds. The Balaban J connectivity index is 1.70. The number of methoxy groups -OCH3 is 1. The van der Waals surface area contributed by atoms with Crippen LogP contribution in [0.5, 0.6) is 5.75 Å². The van der Waals surface area contributed by atoms with E-state index in [-0.39, 0.29) is 12.1 Å². The summed E-state index contributed by atoms with van der Waals surface area (Å²) in [5, 5.41) is 4.85. The van der Waals surface area contributed by atoms with Crippen LogP contribution < -0.4 is 19.7 Å². The molecular formula is C28H27Cl2N5O3S2. The number of hydrogen-bond acceptors (Lipinski definition) is 5. The van der Waals surface area contributed by atoms with Crippen molar-refractivity contribution in [3.8, 4) is 11.4 Å². The van der Waals surface area contributed by atoms with Crippen LogP contribution in [0.3, 0.4) is 0 Å². The fraction of sp³-hybridized carbons (Fsp3) is 0.214. The fourth-order valence-electron chi connectivity index (χ4n) is 5.20. The van der Waals surface area contributed by atoms with Crippen LogP contribution >= 0.6 is 35.4 Å². The second-order valence-corrected chi connectivity index (χ2v) is 12.4. The molecule has 12 heteroatoms. The number of nitrogens with zero attached hydrogens (tertiary/aromatic N) is 3. The largest absolute Gasteiger partial charge is 0.495 e. The van der Waals surface area contributed by atoms with Crippen LogP contribution in [0.2, 0.25) is 10.0 Å². The maximum atomic E-state index is 12.1. The summed E-state index contributed by atoms with van der Waals surface area (Å²) in [4.78, 5) is 6.61. The molecule has 5 rings (SSSR count). The monoisotopic (exact) mass is 615 g/mol. The third-order valence-corrected chi connectivity index (χ3v) is 8.53. The average Bonchev–Trinajstić information content (AvgIpc) is 3.40. The van der Waals surface area contributed by atoms with Gasteiger partial charge >= 0.3 is 0 Å². The van der Waals surface area contributed by atoms with Crippen molar-refractivity contribution in [1.82, 2.24) is 14.9 Å². The van der Waals surface area contributed by atoms with Crippen LogP contribution in [0.1, 0.15) is 34.7 Å². The normalized spacial score (nSPS) is 17.1. The molecule has 1 aliphatic rings. The van der Waals surface area contributed by atoms with Crippen molar-refractivity contribution in [2.45, 2.75) is 25.9 Å². The number of benzene rings is 2. The second-order valence-electron chi connectivity index (χ2n) is 9.49. The maximum Gasteiger partial charge on any atom is 0.229 e. The van der Waals surface area contributed by atoms with Crippen LogP contribution in [0.25, 0.3) is 5.69 Å². The first-order chi connectivity index (χ1) is 19.0. The van der Waals surface area contributed by atoms with Gasteiger partial charge in [-0.3, -0.25) is 9.71 Å². The van der Waals surface area contributed by atoms with Gasteiger partial charge in [-0.15, -0.1) is 0 Å². The topological polar surface area (TPSA) is 88.5 Å². The summed E-state index contributed by atoms with van der Waals surface area (Å²) in [5.74, 6) is 0.388. The lowest BCUT2D eigenvalue weighted by atomic mass is 9.96. The minimum absolute atomic E-state index is 0.300. The molecule has 2 aromatic carbocycles. The summed E-state index contributed by atoms with van der Waals surface area (Å²) >= 11 is 18.9. The lowest BCUT2D eigenvalue weighted by molar-refractivity contribution is 0.417. The Kier molecular flexibility index (Phi) is 7.71. The highest BCUT2D eigenvalue weighted by Crippen LogP contribution is 2.45. The maximum absolute atomic E-state index is 12.1. The molecule has 8 nitrogen and oxygen atoms in total. The first kappa shape index (κ1) is 28.2. The van der Waals surface area contributed by atoms with Crippen molar-refractivity contribution in [3.63, 3.8) is 0 Å². The number of aromatic nitrogens is 2. The molecule has 1 fully saturated rings. The van der Waals surface area contributed by atoms with Gasteiger partial charge in [0.05, 0.1) is 52.6 Å². The number of pyridine rings is 1. The van der Waals surface area contributed by atoms with Crippen LogP contribution in [0.15, 0.2) is 66.9 Å². The molecule has 0 spiro atoms. The Labute approximate surface area is 248 Å². The van der Waals surface area contributed by atoms with E-state index in [1.54, 1.807) is 24.4 Å². The van der Waals surface area contributed by atoms with E-state index in [0.29, 0.717) is 32.3 Å². The van der Waals surface area contributed by atoms with E-state index >= 15 is 0 Å². The quantitative estimate of drug-likeness (QED) is 0.234. The highest BCUT2D eigenvalue weighted by Gasteiger charge is 2.42. The summed E-state index contributed by atoms with van der Waals surface area (Å²) in [6.07, 6.45) is 2.84. The van der Waals surface area contributed by atoms with Crippen molar-refractivity contribution in [2.24, 2.45) is 0 Å². The van der Waals surface area contributed by atoms with Crippen molar-refractivity contribution < 1.29 is 13.2 Å². The number of nitrogens with one attached hydrogen (secondary N) is 2. The Morgan fingerprint density at radius 2 is 1.85 bits per heavy atom. The number of hydrogen-bond donors (Lipinski definition) is 2. The molecule has 2 aromatic heterocycles. The first-order valence-corrected chi connectivity index (χ1v) is 15.4. The highest BCUT2D eigenvalue weighted by atomic mass is 35.5. The number of aryl methyl sites for hydroxylation is 1. The van der Waals surface area contributed by atoms with E-state index in [9.17, 15) is 8.42 Å². The van der Waals surface area contributed by atoms with Gasteiger partial charge in [0.15, 0.2) is 5.11 Å². The van der Waals surface area contributed by atoms with E-state index in [0.717, 1.165) is 34.6 Å². The number of rotatable bonds is 7. The zero-order valence-electron chi connectivity index (χ0n) is 22.1. The number of thiocarbonyl (C=S) groups is 1. The van der Waals surface area contributed by atoms with Crippen LogP contribution in [0, 0.1) is 13.8 Å². The molecular weight excluding hydrogens is 589 g/mol. The van der Waals surface area contributed by atoms with Gasteiger partial charge in [-0.05, 0) is 80.2 Å². The predicted molar refractivity (Wildman–Crippen MR) is 165 cm³/mol. The van der Waals surface area contributed by atoms with Gasteiger partial charge in [0.25, 0.3) is 0 Å². The predicted octanol–water partition coefficient (Wildman–Crippen LogP) is 6.35. The van der Waals surface area contributed by atoms with Crippen LogP contribution in [-0.2, 0) is 10.0 Å². The molecule has 1 saturated heterocycles. The zero-order chi connectivity index (χ0) is 28.8. The molecule has 0 bridgehead atoms. The SMILES string of the molecule is COc1ccc(N2C(=S)NC(c3ccccn3)C2c2cc(C)n(-c3cccc(Cl)c3Cl)c2C)cc1NS(C)(=O)=O. The van der Waals surface area contributed by atoms with E-state index in [1.807, 2.05) is 55.1 Å².